The molecule has 0 aliphatic carbocycles. The van der Waals surface area contributed by atoms with Crippen LogP contribution in [-0.4, -0.2) is 22.8 Å². The molecule has 8 nitrogen and oxygen atoms in total. The predicted octanol–water partition coefficient (Wildman–Crippen LogP) is 2.32. The van der Waals surface area contributed by atoms with E-state index in [-0.39, 0.29) is 12.1 Å². The Hall–Kier alpha value is -3.42. The van der Waals surface area contributed by atoms with Gasteiger partial charge in [-0.25, -0.2) is 4.79 Å². The highest BCUT2D eigenvalue weighted by atomic mass is 16.6. The van der Waals surface area contributed by atoms with Crippen LogP contribution in [0.1, 0.15) is 6.42 Å². The van der Waals surface area contributed by atoms with Crippen LogP contribution in [0, 0.1) is 10.1 Å². The van der Waals surface area contributed by atoms with Crippen LogP contribution in [0.25, 0.3) is 0 Å². The van der Waals surface area contributed by atoms with Gasteiger partial charge in [0.15, 0.2) is 5.75 Å². The van der Waals surface area contributed by atoms with Gasteiger partial charge in [-0.05, 0) is 18.2 Å². The largest absolute Gasteiger partial charge is 0.423 e. The zero-order valence-electron chi connectivity index (χ0n) is 12.4. The lowest BCUT2D eigenvalue weighted by atomic mass is 10.1. The van der Waals surface area contributed by atoms with Gasteiger partial charge < -0.3 is 15.4 Å². The number of benzene rings is 2. The van der Waals surface area contributed by atoms with E-state index in [1.54, 1.807) is 24.3 Å². The quantitative estimate of drug-likeness (QED) is 0.386. The average Bonchev–Trinajstić information content (AvgIpc) is 2.55. The van der Waals surface area contributed by atoms with Gasteiger partial charge in [-0.3, -0.25) is 14.9 Å². The minimum Gasteiger partial charge on any atom is -0.423 e. The molecule has 8 heteroatoms. The topological polar surface area (TPSA) is 111 Å². The molecule has 0 saturated heterocycles. The molecule has 1 atom stereocenters. The molecule has 0 aromatic heterocycles. The molecule has 2 aromatic rings. The summed E-state index contributed by atoms with van der Waals surface area (Å²) >= 11 is 0. The van der Waals surface area contributed by atoms with Gasteiger partial charge in [0.2, 0.25) is 5.91 Å². The summed E-state index contributed by atoms with van der Waals surface area (Å²) in [6.45, 7) is 0. The van der Waals surface area contributed by atoms with Crippen molar-refractivity contribution in [1.29, 1.82) is 0 Å². The standard InChI is InChI=1S/C16H13N3O5/c20-15(17-10-4-3-5-11(8-10)19(22)23)9-13-16(21)24-14-7-2-1-6-12(14)18-13/h1-8,13,18H,9H2,(H,17,20)/t13-/m0/s1. The van der Waals surface area contributed by atoms with Crippen LogP contribution in [0.15, 0.2) is 48.5 Å². The monoisotopic (exact) mass is 327 g/mol. The molecule has 24 heavy (non-hydrogen) atoms. The number of nitro benzene ring substituents is 1. The number of fused-ring (bicyclic) bond motifs is 1. The third-order valence-corrected chi connectivity index (χ3v) is 3.44. The Morgan fingerprint density at radius 3 is 2.83 bits per heavy atom. The van der Waals surface area contributed by atoms with Crippen molar-refractivity contribution in [1.82, 2.24) is 0 Å². The molecule has 1 aliphatic heterocycles. The number of nitrogens with zero attached hydrogens (tertiary/aromatic N) is 1. The highest BCUT2D eigenvalue weighted by Gasteiger charge is 2.29. The number of nitrogens with one attached hydrogen (secondary N) is 2. The smallest absolute Gasteiger partial charge is 0.334 e. The van der Waals surface area contributed by atoms with Gasteiger partial charge in [-0.1, -0.05) is 18.2 Å². The first-order valence-electron chi connectivity index (χ1n) is 7.14. The lowest BCUT2D eigenvalue weighted by Gasteiger charge is -2.24. The number of non-ortho nitro benzene ring substituents is 1. The predicted molar refractivity (Wildman–Crippen MR) is 85.8 cm³/mol. The van der Waals surface area contributed by atoms with Crippen molar-refractivity contribution in [2.24, 2.45) is 0 Å². The van der Waals surface area contributed by atoms with E-state index in [2.05, 4.69) is 10.6 Å². The third-order valence-electron chi connectivity index (χ3n) is 3.44. The molecule has 0 fully saturated rings. The lowest BCUT2D eigenvalue weighted by molar-refractivity contribution is -0.384. The molecule has 1 aliphatic rings. The van der Waals surface area contributed by atoms with Crippen molar-refractivity contribution >= 4 is 28.9 Å². The molecule has 1 amide bonds. The number of hydrogen-bond acceptors (Lipinski definition) is 6. The first kappa shape index (κ1) is 15.5. The zero-order valence-corrected chi connectivity index (χ0v) is 12.4. The molecule has 2 aromatic carbocycles. The molecule has 0 bridgehead atoms. The molecular formula is C16H13N3O5. The Morgan fingerprint density at radius 2 is 2.04 bits per heavy atom. The van der Waals surface area contributed by atoms with E-state index in [0.717, 1.165) is 0 Å². The second kappa shape index (κ2) is 6.37. The Balaban J connectivity index is 1.66. The van der Waals surface area contributed by atoms with Gasteiger partial charge in [-0.2, -0.15) is 0 Å². The maximum atomic E-state index is 12.1. The number of ether oxygens (including phenoxy) is 1. The fourth-order valence-electron chi connectivity index (χ4n) is 2.33. The maximum Gasteiger partial charge on any atom is 0.334 e. The molecule has 0 saturated carbocycles. The number of carbonyl (C=O) groups is 2. The third kappa shape index (κ3) is 3.32. The molecule has 0 unspecified atom stereocenters. The van der Waals surface area contributed by atoms with Crippen LogP contribution < -0.4 is 15.4 Å². The van der Waals surface area contributed by atoms with Crippen molar-refractivity contribution in [3.8, 4) is 5.75 Å². The van der Waals surface area contributed by atoms with Gasteiger partial charge in [0, 0.05) is 17.8 Å². The van der Waals surface area contributed by atoms with Gasteiger partial charge in [-0.15, -0.1) is 0 Å². The number of amides is 1. The minimum absolute atomic E-state index is 0.128. The zero-order chi connectivity index (χ0) is 17.1. The van der Waals surface area contributed by atoms with E-state index in [4.69, 9.17) is 4.74 Å². The Kier molecular flexibility index (Phi) is 4.11. The van der Waals surface area contributed by atoms with E-state index in [0.29, 0.717) is 17.1 Å². The summed E-state index contributed by atoms with van der Waals surface area (Å²) in [5.74, 6) is -0.593. The van der Waals surface area contributed by atoms with Crippen LogP contribution in [-0.2, 0) is 9.59 Å². The number of esters is 1. The summed E-state index contributed by atoms with van der Waals surface area (Å²) < 4.78 is 5.18. The van der Waals surface area contributed by atoms with Crippen LogP contribution in [0.2, 0.25) is 0 Å². The number of nitro groups is 1. The minimum atomic E-state index is -0.821. The summed E-state index contributed by atoms with van der Waals surface area (Å²) in [5.41, 5.74) is 0.793. The van der Waals surface area contributed by atoms with Crippen LogP contribution in [0.3, 0.4) is 0 Å². The van der Waals surface area contributed by atoms with Crippen molar-refractivity contribution in [2.75, 3.05) is 10.6 Å². The fraction of sp³-hybridized carbons (Fsp3) is 0.125. The number of rotatable bonds is 4. The Morgan fingerprint density at radius 1 is 1.25 bits per heavy atom. The fourth-order valence-corrected chi connectivity index (χ4v) is 2.33. The summed E-state index contributed by atoms with van der Waals surface area (Å²) in [6, 6.07) is 11.7. The first-order chi connectivity index (χ1) is 11.5. The molecule has 0 radical (unpaired) electrons. The maximum absolute atomic E-state index is 12.1. The van der Waals surface area contributed by atoms with Crippen LogP contribution >= 0.6 is 0 Å². The number of carbonyl (C=O) groups excluding carboxylic acids is 2. The van der Waals surface area contributed by atoms with E-state index >= 15 is 0 Å². The number of para-hydroxylation sites is 2. The van der Waals surface area contributed by atoms with Crippen molar-refractivity contribution < 1.29 is 19.2 Å². The van der Waals surface area contributed by atoms with Gasteiger partial charge in [0.25, 0.3) is 5.69 Å². The molecular weight excluding hydrogens is 314 g/mol. The highest BCUT2D eigenvalue weighted by molar-refractivity contribution is 5.97. The second-order valence-electron chi connectivity index (χ2n) is 5.17. The highest BCUT2D eigenvalue weighted by Crippen LogP contribution is 2.29. The van der Waals surface area contributed by atoms with Crippen LogP contribution in [0.5, 0.6) is 5.75 Å². The van der Waals surface area contributed by atoms with E-state index in [1.165, 1.54) is 24.3 Å². The number of anilines is 2. The summed E-state index contributed by atoms with van der Waals surface area (Å²) in [6.07, 6.45) is -0.157. The summed E-state index contributed by atoms with van der Waals surface area (Å²) in [7, 11) is 0. The summed E-state index contributed by atoms with van der Waals surface area (Å²) in [4.78, 5) is 34.2. The van der Waals surface area contributed by atoms with Gasteiger partial charge >= 0.3 is 5.97 Å². The molecule has 2 N–H and O–H groups in total. The van der Waals surface area contributed by atoms with E-state index in [1.807, 2.05) is 0 Å². The lowest BCUT2D eigenvalue weighted by Crippen LogP contribution is -2.39. The Labute approximate surface area is 136 Å². The Bertz CT molecular complexity index is 821. The van der Waals surface area contributed by atoms with Crippen LogP contribution in [0.4, 0.5) is 17.1 Å². The van der Waals surface area contributed by atoms with Gasteiger partial charge in [0.05, 0.1) is 17.0 Å². The number of hydrogen-bond donors (Lipinski definition) is 2. The molecule has 3 rings (SSSR count). The van der Waals surface area contributed by atoms with Crippen molar-refractivity contribution in [3.05, 3.63) is 58.6 Å². The van der Waals surface area contributed by atoms with Crippen molar-refractivity contribution in [2.45, 2.75) is 12.5 Å². The van der Waals surface area contributed by atoms with E-state index in [9.17, 15) is 19.7 Å². The molecule has 122 valence electrons. The summed E-state index contributed by atoms with van der Waals surface area (Å²) in [5, 5.41) is 16.2. The second-order valence-corrected chi connectivity index (χ2v) is 5.17. The average molecular weight is 327 g/mol. The molecule has 0 spiro atoms. The molecule has 1 heterocycles. The normalized spacial score (nSPS) is 15.7. The van der Waals surface area contributed by atoms with Gasteiger partial charge in [0.1, 0.15) is 6.04 Å². The van der Waals surface area contributed by atoms with E-state index < -0.39 is 22.8 Å². The van der Waals surface area contributed by atoms with Crippen molar-refractivity contribution in [3.63, 3.8) is 0 Å². The first-order valence-corrected chi connectivity index (χ1v) is 7.14. The SMILES string of the molecule is O=C(C[C@@H]1Nc2ccccc2OC1=O)Nc1cccc([N+](=O)[O-])c1.